The van der Waals surface area contributed by atoms with Gasteiger partial charge in [-0.25, -0.2) is 0 Å². The van der Waals surface area contributed by atoms with Crippen molar-refractivity contribution in [1.82, 2.24) is 9.88 Å². The number of rotatable bonds is 3. The van der Waals surface area contributed by atoms with Crippen molar-refractivity contribution in [2.24, 2.45) is 0 Å². The van der Waals surface area contributed by atoms with Crippen LogP contribution in [0.15, 0.2) is 47.4 Å². The van der Waals surface area contributed by atoms with Gasteiger partial charge in [-0.15, -0.1) is 0 Å². The second-order valence-corrected chi connectivity index (χ2v) is 7.55. The van der Waals surface area contributed by atoms with Crippen LogP contribution >= 0.6 is 11.6 Å². The second-order valence-electron chi connectivity index (χ2n) is 7.11. The normalized spacial score (nSPS) is 12.5. The Balaban J connectivity index is 1.79. The van der Waals surface area contributed by atoms with Crippen LogP contribution in [-0.4, -0.2) is 35.1 Å². The average molecular weight is 436 g/mol. The van der Waals surface area contributed by atoms with Crippen LogP contribution in [0.3, 0.4) is 0 Å². The van der Waals surface area contributed by atoms with Crippen LogP contribution in [0.1, 0.15) is 21.5 Å². The number of amides is 2. The molecule has 31 heavy (non-hydrogen) atoms. The Bertz CT molecular complexity index is 1330. The maximum atomic E-state index is 13.2. The number of halogens is 1. The number of pyridine rings is 1. The molecule has 7 nitrogen and oxygen atoms in total. The van der Waals surface area contributed by atoms with Crippen LogP contribution in [0.2, 0.25) is 5.02 Å². The van der Waals surface area contributed by atoms with Crippen molar-refractivity contribution >= 4 is 40.0 Å². The molecule has 2 heterocycles. The molecule has 0 aliphatic carbocycles. The van der Waals surface area contributed by atoms with Gasteiger partial charge in [0.2, 0.25) is 11.3 Å². The molecule has 0 atom stereocenters. The Hall–Kier alpha value is -3.60. The fraction of sp³-hybridized carbons (Fsp3) is 0.174. The van der Waals surface area contributed by atoms with E-state index in [1.165, 1.54) is 11.1 Å². The number of carbonyl (C=O) groups excluding carboxylic acids is 2. The molecule has 1 aliphatic heterocycles. The number of aromatic nitrogens is 1. The summed E-state index contributed by atoms with van der Waals surface area (Å²) in [7, 11) is 1.63. The molecule has 0 fully saturated rings. The highest BCUT2D eigenvalue weighted by Gasteiger charge is 2.26. The molecule has 1 aromatic heterocycles. The quantitative estimate of drug-likeness (QED) is 0.615. The summed E-state index contributed by atoms with van der Waals surface area (Å²) >= 11 is 5.88. The lowest BCUT2D eigenvalue weighted by atomic mass is 10.0. The molecule has 0 spiro atoms. The van der Waals surface area contributed by atoms with Gasteiger partial charge in [0.15, 0.2) is 0 Å². The molecule has 3 aromatic rings. The van der Waals surface area contributed by atoms with E-state index in [-0.39, 0.29) is 31.2 Å². The first-order valence-electron chi connectivity index (χ1n) is 9.49. The van der Waals surface area contributed by atoms with Crippen LogP contribution in [0.5, 0.6) is 0 Å². The average Bonchev–Trinajstić information content (AvgIpc) is 2.77. The highest BCUT2D eigenvalue weighted by Crippen LogP contribution is 2.30. The highest BCUT2D eigenvalue weighted by atomic mass is 35.5. The number of hydrogen-bond donors (Lipinski definition) is 2. The lowest BCUT2D eigenvalue weighted by molar-refractivity contribution is -0.119. The summed E-state index contributed by atoms with van der Waals surface area (Å²) in [5.74, 6) is 4.59. The molecule has 2 N–H and O–H groups in total. The first kappa shape index (κ1) is 20.7. The molecular weight excluding hydrogens is 418 g/mol. The fourth-order valence-corrected chi connectivity index (χ4v) is 3.67. The van der Waals surface area contributed by atoms with Crippen molar-refractivity contribution in [2.75, 3.05) is 18.6 Å². The van der Waals surface area contributed by atoms with E-state index in [1.807, 2.05) is 0 Å². The van der Waals surface area contributed by atoms with Gasteiger partial charge in [-0.3, -0.25) is 14.4 Å². The Morgan fingerprint density at radius 2 is 1.97 bits per heavy atom. The van der Waals surface area contributed by atoms with Crippen molar-refractivity contribution in [1.29, 1.82) is 0 Å². The molecule has 1 aliphatic rings. The van der Waals surface area contributed by atoms with E-state index in [9.17, 15) is 14.4 Å². The second kappa shape index (κ2) is 8.26. The van der Waals surface area contributed by atoms with Crippen LogP contribution in [-0.2, 0) is 17.9 Å². The Kier molecular flexibility index (Phi) is 5.51. The van der Waals surface area contributed by atoms with Crippen molar-refractivity contribution in [3.05, 3.63) is 74.5 Å². The number of anilines is 1. The molecule has 0 bridgehead atoms. The Labute approximate surface area is 182 Å². The first-order chi connectivity index (χ1) is 14.9. The standard InChI is InChI=1S/C23H18ClN3O4/c1-26-19-10-15(3-2-8-28)9-17-21(19)27(13-20(26)29)12-18(22(17)30)23(31)25-11-14-4-6-16(24)7-5-14/h4-7,9-10,12,28H,8,11,13H2,1H3,(H,25,31). The van der Waals surface area contributed by atoms with E-state index in [1.54, 1.807) is 48.0 Å². The monoisotopic (exact) mass is 435 g/mol. The van der Waals surface area contributed by atoms with E-state index < -0.39 is 11.3 Å². The third-order valence-corrected chi connectivity index (χ3v) is 5.37. The van der Waals surface area contributed by atoms with Crippen molar-refractivity contribution in [3.63, 3.8) is 0 Å². The van der Waals surface area contributed by atoms with E-state index >= 15 is 0 Å². The minimum absolute atomic E-state index is 0.0133. The predicted molar refractivity (Wildman–Crippen MR) is 118 cm³/mol. The summed E-state index contributed by atoms with van der Waals surface area (Å²) in [6, 6.07) is 10.3. The molecular formula is C23H18ClN3O4. The minimum Gasteiger partial charge on any atom is -0.384 e. The van der Waals surface area contributed by atoms with E-state index in [2.05, 4.69) is 17.2 Å². The summed E-state index contributed by atoms with van der Waals surface area (Å²) in [6.45, 7) is -0.0959. The van der Waals surface area contributed by atoms with Gasteiger partial charge in [-0.05, 0) is 29.8 Å². The molecule has 4 rings (SSSR count). The predicted octanol–water partition coefficient (Wildman–Crippen LogP) is 1.91. The number of carbonyl (C=O) groups is 2. The lowest BCUT2D eigenvalue weighted by Gasteiger charge is -2.28. The fourth-order valence-electron chi connectivity index (χ4n) is 3.54. The number of hydrogen-bond acceptors (Lipinski definition) is 4. The van der Waals surface area contributed by atoms with Gasteiger partial charge in [0.1, 0.15) is 18.7 Å². The first-order valence-corrected chi connectivity index (χ1v) is 9.87. The van der Waals surface area contributed by atoms with Gasteiger partial charge >= 0.3 is 0 Å². The SMILES string of the molecule is CN1C(=O)Cn2cc(C(=O)NCc3ccc(Cl)cc3)c(=O)c3cc(C#CCO)cc1c32. The van der Waals surface area contributed by atoms with Gasteiger partial charge in [0, 0.05) is 35.8 Å². The van der Waals surface area contributed by atoms with Gasteiger partial charge in [0.25, 0.3) is 5.91 Å². The van der Waals surface area contributed by atoms with Crippen molar-refractivity contribution < 1.29 is 14.7 Å². The molecule has 0 saturated carbocycles. The molecule has 0 radical (unpaired) electrons. The number of likely N-dealkylation sites (N-methyl/N-ethyl adjacent to an activating group) is 1. The maximum absolute atomic E-state index is 13.2. The molecule has 0 unspecified atom stereocenters. The molecule has 2 amide bonds. The molecule has 2 aromatic carbocycles. The number of nitrogens with zero attached hydrogens (tertiary/aromatic N) is 2. The number of nitrogens with one attached hydrogen (secondary N) is 1. The van der Waals surface area contributed by atoms with Crippen LogP contribution in [0, 0.1) is 11.8 Å². The van der Waals surface area contributed by atoms with Gasteiger partial charge in [-0.1, -0.05) is 35.6 Å². The summed E-state index contributed by atoms with van der Waals surface area (Å²) in [6.07, 6.45) is 1.43. The van der Waals surface area contributed by atoms with Crippen LogP contribution in [0.4, 0.5) is 5.69 Å². The van der Waals surface area contributed by atoms with Gasteiger partial charge in [-0.2, -0.15) is 0 Å². The zero-order valence-electron chi connectivity index (χ0n) is 16.6. The summed E-state index contributed by atoms with van der Waals surface area (Å²) < 4.78 is 1.62. The third-order valence-electron chi connectivity index (χ3n) is 5.11. The Morgan fingerprint density at radius 3 is 2.68 bits per heavy atom. The van der Waals surface area contributed by atoms with Crippen LogP contribution < -0.4 is 15.6 Å². The summed E-state index contributed by atoms with van der Waals surface area (Å²) in [4.78, 5) is 39.9. The van der Waals surface area contributed by atoms with E-state index in [4.69, 9.17) is 16.7 Å². The number of aliphatic hydroxyl groups is 1. The number of benzene rings is 2. The van der Waals surface area contributed by atoms with E-state index in [0.717, 1.165) is 5.56 Å². The van der Waals surface area contributed by atoms with Crippen molar-refractivity contribution in [2.45, 2.75) is 13.1 Å². The lowest BCUT2D eigenvalue weighted by Crippen LogP contribution is -2.37. The summed E-state index contributed by atoms with van der Waals surface area (Å²) in [5.41, 5.74) is 1.90. The molecule has 0 saturated heterocycles. The smallest absolute Gasteiger partial charge is 0.257 e. The maximum Gasteiger partial charge on any atom is 0.257 e. The number of aliphatic hydroxyl groups excluding tert-OH is 1. The topological polar surface area (TPSA) is 91.6 Å². The minimum atomic E-state index is -0.537. The third kappa shape index (κ3) is 3.91. The zero-order valence-corrected chi connectivity index (χ0v) is 17.4. The summed E-state index contributed by atoms with van der Waals surface area (Å²) in [5, 5.41) is 12.6. The van der Waals surface area contributed by atoms with Gasteiger partial charge in [0.05, 0.1) is 11.2 Å². The van der Waals surface area contributed by atoms with Gasteiger partial charge < -0.3 is 19.9 Å². The Morgan fingerprint density at radius 1 is 1.23 bits per heavy atom. The largest absolute Gasteiger partial charge is 0.384 e. The molecule has 8 heteroatoms. The molecule has 156 valence electrons. The zero-order chi connectivity index (χ0) is 22.1. The van der Waals surface area contributed by atoms with Crippen molar-refractivity contribution in [3.8, 4) is 11.8 Å². The van der Waals surface area contributed by atoms with E-state index in [0.29, 0.717) is 27.2 Å². The van der Waals surface area contributed by atoms with Crippen LogP contribution in [0.25, 0.3) is 10.9 Å². The highest BCUT2D eigenvalue weighted by molar-refractivity contribution is 6.30.